The first-order valence-electron chi connectivity index (χ1n) is 6.65. The third kappa shape index (κ3) is 3.48. The summed E-state index contributed by atoms with van der Waals surface area (Å²) in [6.07, 6.45) is 2.54. The molecule has 1 aromatic heterocycles. The minimum Gasteiger partial charge on any atom is -0.497 e. The van der Waals surface area contributed by atoms with Gasteiger partial charge in [-0.1, -0.05) is 6.07 Å². The molecule has 1 aromatic carbocycles. The average Bonchev–Trinajstić information content (AvgIpc) is 2.47. The molecule has 0 fully saturated rings. The van der Waals surface area contributed by atoms with Gasteiger partial charge in [0.15, 0.2) is 0 Å². The molecule has 0 saturated heterocycles. The van der Waals surface area contributed by atoms with E-state index < -0.39 is 0 Å². The molecule has 106 valence electrons. The van der Waals surface area contributed by atoms with E-state index in [1.54, 1.807) is 13.3 Å². The summed E-state index contributed by atoms with van der Waals surface area (Å²) in [4.78, 5) is 4.33. The Bertz CT molecular complexity index is 570. The van der Waals surface area contributed by atoms with Crippen molar-refractivity contribution in [2.24, 2.45) is 5.73 Å². The zero-order valence-corrected chi connectivity index (χ0v) is 11.9. The van der Waals surface area contributed by atoms with Gasteiger partial charge in [-0.15, -0.1) is 0 Å². The van der Waals surface area contributed by atoms with Crippen LogP contribution < -0.4 is 15.2 Å². The van der Waals surface area contributed by atoms with Gasteiger partial charge < -0.3 is 15.2 Å². The molecule has 0 atom stereocenters. The van der Waals surface area contributed by atoms with E-state index in [0.29, 0.717) is 13.2 Å². The fourth-order valence-electron chi connectivity index (χ4n) is 1.99. The molecule has 4 nitrogen and oxygen atoms in total. The zero-order valence-electron chi connectivity index (χ0n) is 11.9. The number of hydrogen-bond acceptors (Lipinski definition) is 4. The van der Waals surface area contributed by atoms with Crippen LogP contribution >= 0.6 is 0 Å². The van der Waals surface area contributed by atoms with Crippen molar-refractivity contribution in [1.29, 1.82) is 0 Å². The maximum Gasteiger partial charge on any atom is 0.130 e. The van der Waals surface area contributed by atoms with Crippen molar-refractivity contribution >= 4 is 0 Å². The van der Waals surface area contributed by atoms with Gasteiger partial charge in [0.25, 0.3) is 0 Å². The molecule has 0 radical (unpaired) electrons. The van der Waals surface area contributed by atoms with Crippen molar-refractivity contribution in [1.82, 2.24) is 4.98 Å². The zero-order chi connectivity index (χ0) is 14.4. The number of hydrogen-bond donors (Lipinski definition) is 1. The van der Waals surface area contributed by atoms with Crippen LogP contribution in [0.3, 0.4) is 0 Å². The second-order valence-corrected chi connectivity index (χ2v) is 4.57. The number of rotatable bonds is 6. The van der Waals surface area contributed by atoms with Crippen LogP contribution in [0.2, 0.25) is 0 Å². The Morgan fingerprint density at radius 3 is 2.80 bits per heavy atom. The minimum absolute atomic E-state index is 0.455. The Balaban J connectivity index is 2.14. The van der Waals surface area contributed by atoms with E-state index in [2.05, 4.69) is 4.98 Å². The molecule has 0 aliphatic heterocycles. The summed E-state index contributed by atoms with van der Waals surface area (Å²) in [7, 11) is 1.65. The van der Waals surface area contributed by atoms with Crippen LogP contribution in [-0.4, -0.2) is 18.6 Å². The van der Waals surface area contributed by atoms with Gasteiger partial charge in [-0.05, 0) is 55.3 Å². The monoisotopic (exact) mass is 272 g/mol. The Hall–Kier alpha value is -2.07. The van der Waals surface area contributed by atoms with Crippen LogP contribution in [-0.2, 0) is 13.0 Å². The van der Waals surface area contributed by atoms with Gasteiger partial charge in [-0.3, -0.25) is 4.98 Å². The maximum absolute atomic E-state index is 5.88. The maximum atomic E-state index is 5.88. The van der Waals surface area contributed by atoms with Crippen molar-refractivity contribution in [2.45, 2.75) is 20.0 Å². The summed E-state index contributed by atoms with van der Waals surface area (Å²) < 4.78 is 11.1. The van der Waals surface area contributed by atoms with Crippen LogP contribution in [0.4, 0.5) is 0 Å². The summed E-state index contributed by atoms with van der Waals surface area (Å²) in [6, 6.07) is 9.72. The lowest BCUT2D eigenvalue weighted by Gasteiger charge is -2.13. The quantitative estimate of drug-likeness (QED) is 0.877. The lowest BCUT2D eigenvalue weighted by Crippen LogP contribution is -2.07. The normalized spacial score (nSPS) is 10.3. The third-order valence-corrected chi connectivity index (χ3v) is 3.16. The summed E-state index contributed by atoms with van der Waals surface area (Å²) in [5.41, 5.74) is 8.77. The molecule has 2 aromatic rings. The minimum atomic E-state index is 0.455. The van der Waals surface area contributed by atoms with E-state index in [-0.39, 0.29) is 0 Å². The van der Waals surface area contributed by atoms with Gasteiger partial charge >= 0.3 is 0 Å². The van der Waals surface area contributed by atoms with Gasteiger partial charge in [0.1, 0.15) is 18.1 Å². The van der Waals surface area contributed by atoms with Crippen LogP contribution in [0.5, 0.6) is 11.5 Å². The molecule has 0 aliphatic rings. The first kappa shape index (κ1) is 14.3. The lowest BCUT2D eigenvalue weighted by atomic mass is 10.1. The molecule has 0 bridgehead atoms. The number of benzene rings is 1. The smallest absolute Gasteiger partial charge is 0.130 e. The molecular weight excluding hydrogens is 252 g/mol. The predicted octanol–water partition coefficient (Wildman–Crippen LogP) is 2.48. The second kappa shape index (κ2) is 6.91. The molecular formula is C16H20N2O2. The summed E-state index contributed by atoms with van der Waals surface area (Å²) in [5, 5.41) is 0. The van der Waals surface area contributed by atoms with Crippen molar-refractivity contribution < 1.29 is 9.47 Å². The second-order valence-electron chi connectivity index (χ2n) is 4.57. The standard InChI is InChI=1S/C16H20N2O2/c1-12-4-3-9-18-15(12)11-20-16-6-5-14(19-2)10-13(16)7-8-17/h3-6,9-10H,7-8,11,17H2,1-2H3. The molecule has 0 spiro atoms. The van der Waals surface area contributed by atoms with Crippen LogP contribution in [0.1, 0.15) is 16.8 Å². The predicted molar refractivity (Wildman–Crippen MR) is 79.1 cm³/mol. The highest BCUT2D eigenvalue weighted by Gasteiger charge is 2.07. The van der Waals surface area contributed by atoms with Crippen molar-refractivity contribution in [3.05, 3.63) is 53.3 Å². The molecule has 2 N–H and O–H groups in total. The Morgan fingerprint density at radius 1 is 1.25 bits per heavy atom. The molecule has 0 aliphatic carbocycles. The highest BCUT2D eigenvalue weighted by atomic mass is 16.5. The highest BCUT2D eigenvalue weighted by Crippen LogP contribution is 2.25. The Labute approximate surface area is 119 Å². The number of pyridine rings is 1. The molecule has 1 heterocycles. The number of nitrogens with two attached hydrogens (primary N) is 1. The van der Waals surface area contributed by atoms with Gasteiger partial charge in [0.05, 0.1) is 12.8 Å². The molecule has 4 heteroatoms. The number of aromatic nitrogens is 1. The van der Waals surface area contributed by atoms with Gasteiger partial charge in [-0.25, -0.2) is 0 Å². The molecule has 0 unspecified atom stereocenters. The van der Waals surface area contributed by atoms with Crippen LogP contribution in [0.25, 0.3) is 0 Å². The summed E-state index contributed by atoms with van der Waals surface area (Å²) in [5.74, 6) is 1.65. The van der Waals surface area contributed by atoms with E-state index in [4.69, 9.17) is 15.2 Å². The van der Waals surface area contributed by atoms with Crippen molar-refractivity contribution in [3.63, 3.8) is 0 Å². The van der Waals surface area contributed by atoms with E-state index >= 15 is 0 Å². The Morgan fingerprint density at radius 2 is 2.10 bits per heavy atom. The molecule has 0 saturated carbocycles. The number of methoxy groups -OCH3 is 1. The van der Waals surface area contributed by atoms with Gasteiger partial charge in [0, 0.05) is 6.20 Å². The van der Waals surface area contributed by atoms with Crippen LogP contribution in [0, 0.1) is 6.92 Å². The van der Waals surface area contributed by atoms with Gasteiger partial charge in [0.2, 0.25) is 0 Å². The molecule has 20 heavy (non-hydrogen) atoms. The fraction of sp³-hybridized carbons (Fsp3) is 0.312. The lowest BCUT2D eigenvalue weighted by molar-refractivity contribution is 0.296. The van der Waals surface area contributed by atoms with E-state index in [1.165, 1.54) is 0 Å². The van der Waals surface area contributed by atoms with Gasteiger partial charge in [-0.2, -0.15) is 0 Å². The molecule has 0 amide bonds. The summed E-state index contributed by atoms with van der Waals surface area (Å²) in [6.45, 7) is 3.06. The van der Waals surface area contributed by atoms with Crippen LogP contribution in [0.15, 0.2) is 36.5 Å². The number of aryl methyl sites for hydroxylation is 1. The number of ether oxygens (including phenoxy) is 2. The third-order valence-electron chi connectivity index (χ3n) is 3.16. The SMILES string of the molecule is COc1ccc(OCc2ncccc2C)c(CCN)c1. The first-order chi connectivity index (χ1) is 9.74. The van der Waals surface area contributed by atoms with Crippen molar-refractivity contribution in [3.8, 4) is 11.5 Å². The number of nitrogens with zero attached hydrogens (tertiary/aromatic N) is 1. The molecule has 2 rings (SSSR count). The Kier molecular flexibility index (Phi) is 4.96. The van der Waals surface area contributed by atoms with E-state index in [1.807, 2.05) is 37.3 Å². The average molecular weight is 272 g/mol. The fourth-order valence-corrected chi connectivity index (χ4v) is 1.99. The van der Waals surface area contributed by atoms with E-state index in [9.17, 15) is 0 Å². The van der Waals surface area contributed by atoms with Crippen molar-refractivity contribution in [2.75, 3.05) is 13.7 Å². The summed E-state index contributed by atoms with van der Waals surface area (Å²) >= 11 is 0. The largest absolute Gasteiger partial charge is 0.497 e. The van der Waals surface area contributed by atoms with E-state index in [0.717, 1.165) is 34.7 Å². The first-order valence-corrected chi connectivity index (χ1v) is 6.65. The topological polar surface area (TPSA) is 57.4 Å². The highest BCUT2D eigenvalue weighted by molar-refractivity contribution is 5.40.